The molecule has 1 aromatic rings. The van der Waals surface area contributed by atoms with Gasteiger partial charge in [0.2, 0.25) is 5.91 Å². The van der Waals surface area contributed by atoms with Crippen molar-refractivity contribution >= 4 is 21.8 Å². The monoisotopic (exact) mass is 340 g/mol. The minimum absolute atomic E-state index is 0.0258. The predicted octanol–water partition coefficient (Wildman–Crippen LogP) is 2.63. The molecule has 1 fully saturated rings. The third-order valence-electron chi connectivity index (χ3n) is 3.94. The summed E-state index contributed by atoms with van der Waals surface area (Å²) in [5.41, 5.74) is 0.762. The van der Waals surface area contributed by atoms with Gasteiger partial charge < -0.3 is 15.4 Å². The van der Waals surface area contributed by atoms with Gasteiger partial charge in [0, 0.05) is 6.54 Å². The molecule has 1 aliphatic rings. The molecule has 2 rings (SSSR count). The van der Waals surface area contributed by atoms with Crippen molar-refractivity contribution in [1.29, 1.82) is 0 Å². The van der Waals surface area contributed by atoms with Gasteiger partial charge in [-0.2, -0.15) is 0 Å². The maximum Gasteiger partial charge on any atom is 0.227 e. The topological polar surface area (TPSA) is 50.4 Å². The van der Waals surface area contributed by atoms with Crippen LogP contribution in [0.5, 0.6) is 5.75 Å². The van der Waals surface area contributed by atoms with Crippen LogP contribution in [0.1, 0.15) is 31.9 Å². The lowest BCUT2D eigenvalue weighted by molar-refractivity contribution is -0.129. The van der Waals surface area contributed by atoms with Crippen LogP contribution in [0.15, 0.2) is 22.7 Å². The first-order valence-electron chi connectivity index (χ1n) is 6.81. The van der Waals surface area contributed by atoms with Crippen LogP contribution in [0.4, 0.5) is 0 Å². The Morgan fingerprint density at radius 2 is 2.30 bits per heavy atom. The van der Waals surface area contributed by atoms with Crippen molar-refractivity contribution in [2.75, 3.05) is 20.2 Å². The summed E-state index contributed by atoms with van der Waals surface area (Å²) in [6.07, 6.45) is 0.887. The van der Waals surface area contributed by atoms with Gasteiger partial charge in [-0.05, 0) is 60.4 Å². The quantitative estimate of drug-likeness (QED) is 0.885. The maximum absolute atomic E-state index is 12.4. The number of carbonyl (C=O) groups excluding carboxylic acids is 1. The van der Waals surface area contributed by atoms with Crippen LogP contribution >= 0.6 is 15.9 Å². The molecule has 1 aromatic carbocycles. The molecule has 1 amide bonds. The first-order valence-corrected chi connectivity index (χ1v) is 7.61. The zero-order chi connectivity index (χ0) is 14.8. The molecule has 2 N–H and O–H groups in total. The number of amides is 1. The van der Waals surface area contributed by atoms with E-state index in [-0.39, 0.29) is 17.4 Å². The third-order valence-corrected chi connectivity index (χ3v) is 4.56. The lowest BCUT2D eigenvalue weighted by atomic mass is 9.88. The molecule has 1 heterocycles. The van der Waals surface area contributed by atoms with E-state index in [2.05, 4.69) is 26.6 Å². The zero-order valence-electron chi connectivity index (χ0n) is 12.1. The third kappa shape index (κ3) is 3.15. The Hall–Kier alpha value is -1.07. The predicted molar refractivity (Wildman–Crippen MR) is 82.8 cm³/mol. The van der Waals surface area contributed by atoms with Crippen molar-refractivity contribution in [3.05, 3.63) is 28.2 Å². The van der Waals surface area contributed by atoms with Crippen LogP contribution in [-0.4, -0.2) is 26.1 Å². The number of hydrogen-bond acceptors (Lipinski definition) is 3. The Labute approximate surface area is 128 Å². The van der Waals surface area contributed by atoms with Crippen molar-refractivity contribution in [2.45, 2.75) is 26.3 Å². The minimum atomic E-state index is -0.294. The molecule has 5 heteroatoms. The molecule has 0 saturated carbocycles. The molecule has 2 atom stereocenters. The van der Waals surface area contributed by atoms with Crippen molar-refractivity contribution in [1.82, 2.24) is 10.6 Å². The number of rotatable bonds is 4. The van der Waals surface area contributed by atoms with Gasteiger partial charge in [-0.3, -0.25) is 4.79 Å². The molecule has 0 aliphatic carbocycles. The summed E-state index contributed by atoms with van der Waals surface area (Å²) in [6, 6.07) is 5.84. The second kappa shape index (κ2) is 6.14. The van der Waals surface area contributed by atoms with E-state index in [0.717, 1.165) is 35.3 Å². The number of hydrogen-bond donors (Lipinski definition) is 2. The lowest BCUT2D eigenvalue weighted by Crippen LogP contribution is -2.41. The second-order valence-electron chi connectivity index (χ2n) is 5.58. The second-order valence-corrected chi connectivity index (χ2v) is 6.43. The zero-order valence-corrected chi connectivity index (χ0v) is 13.7. The van der Waals surface area contributed by atoms with Gasteiger partial charge in [0.1, 0.15) is 5.75 Å². The van der Waals surface area contributed by atoms with Crippen LogP contribution in [-0.2, 0) is 4.79 Å². The van der Waals surface area contributed by atoms with E-state index < -0.39 is 0 Å². The van der Waals surface area contributed by atoms with E-state index in [4.69, 9.17) is 4.74 Å². The van der Waals surface area contributed by atoms with E-state index >= 15 is 0 Å². The van der Waals surface area contributed by atoms with Gasteiger partial charge in [-0.25, -0.2) is 0 Å². The Morgan fingerprint density at radius 3 is 2.85 bits per heavy atom. The first-order chi connectivity index (χ1) is 9.46. The summed E-state index contributed by atoms with van der Waals surface area (Å²) in [7, 11) is 1.64. The standard InChI is InChI=1S/C15H21BrN2O2/c1-10(11-4-5-13(20-3)12(16)8-11)18-14(19)15(2)6-7-17-9-15/h4-5,8,10,17H,6-7,9H2,1-3H3,(H,18,19). The smallest absolute Gasteiger partial charge is 0.227 e. The highest BCUT2D eigenvalue weighted by Gasteiger charge is 2.36. The highest BCUT2D eigenvalue weighted by atomic mass is 79.9. The van der Waals surface area contributed by atoms with Gasteiger partial charge in [0.25, 0.3) is 0 Å². The number of methoxy groups -OCH3 is 1. The van der Waals surface area contributed by atoms with Crippen LogP contribution < -0.4 is 15.4 Å². The maximum atomic E-state index is 12.4. The lowest BCUT2D eigenvalue weighted by Gasteiger charge is -2.25. The molecule has 0 spiro atoms. The number of halogens is 1. The fourth-order valence-corrected chi connectivity index (χ4v) is 2.98. The molecular formula is C15H21BrN2O2. The summed E-state index contributed by atoms with van der Waals surface area (Å²) < 4.78 is 6.11. The molecule has 2 unspecified atom stereocenters. The number of nitrogens with one attached hydrogen (secondary N) is 2. The highest BCUT2D eigenvalue weighted by Crippen LogP contribution is 2.29. The van der Waals surface area contributed by atoms with E-state index in [1.165, 1.54) is 0 Å². The average molecular weight is 341 g/mol. The van der Waals surface area contributed by atoms with Crippen LogP contribution in [0.2, 0.25) is 0 Å². The molecule has 0 radical (unpaired) electrons. The van der Waals surface area contributed by atoms with Crippen LogP contribution in [0.25, 0.3) is 0 Å². The number of benzene rings is 1. The normalized spacial score (nSPS) is 23.4. The summed E-state index contributed by atoms with van der Waals surface area (Å²) in [6.45, 7) is 5.67. The summed E-state index contributed by atoms with van der Waals surface area (Å²) in [5, 5.41) is 6.35. The van der Waals surface area contributed by atoms with Gasteiger partial charge in [0.05, 0.1) is 23.0 Å². The van der Waals surface area contributed by atoms with E-state index in [1.54, 1.807) is 7.11 Å². The largest absolute Gasteiger partial charge is 0.496 e. The van der Waals surface area contributed by atoms with E-state index in [1.807, 2.05) is 32.0 Å². The molecular weight excluding hydrogens is 320 g/mol. The summed E-state index contributed by atoms with van der Waals surface area (Å²) in [5.74, 6) is 0.904. The Bertz CT molecular complexity index is 499. The van der Waals surface area contributed by atoms with Crippen molar-refractivity contribution in [2.24, 2.45) is 5.41 Å². The Balaban J connectivity index is 2.06. The Morgan fingerprint density at radius 1 is 1.55 bits per heavy atom. The Kier molecular flexibility index (Phi) is 4.70. The fraction of sp³-hybridized carbons (Fsp3) is 0.533. The van der Waals surface area contributed by atoms with Crippen molar-refractivity contribution in [3.63, 3.8) is 0 Å². The molecule has 0 aromatic heterocycles. The van der Waals surface area contributed by atoms with Crippen LogP contribution in [0, 0.1) is 5.41 Å². The first kappa shape index (κ1) is 15.3. The van der Waals surface area contributed by atoms with E-state index in [9.17, 15) is 4.79 Å². The number of ether oxygens (including phenoxy) is 1. The van der Waals surface area contributed by atoms with Gasteiger partial charge in [-0.15, -0.1) is 0 Å². The van der Waals surface area contributed by atoms with Crippen LogP contribution in [0.3, 0.4) is 0 Å². The van der Waals surface area contributed by atoms with E-state index in [0.29, 0.717) is 0 Å². The average Bonchev–Trinajstić information content (AvgIpc) is 2.87. The van der Waals surface area contributed by atoms with Gasteiger partial charge in [-0.1, -0.05) is 6.07 Å². The molecule has 1 aliphatic heterocycles. The highest BCUT2D eigenvalue weighted by molar-refractivity contribution is 9.10. The van der Waals surface area contributed by atoms with Gasteiger partial charge >= 0.3 is 0 Å². The molecule has 4 nitrogen and oxygen atoms in total. The summed E-state index contributed by atoms with van der Waals surface area (Å²) in [4.78, 5) is 12.4. The molecule has 110 valence electrons. The SMILES string of the molecule is COc1ccc(C(C)NC(=O)C2(C)CCNC2)cc1Br. The fourth-order valence-electron chi connectivity index (χ4n) is 2.42. The number of carbonyl (C=O) groups is 1. The van der Waals surface area contributed by atoms with Gasteiger partial charge in [0.15, 0.2) is 0 Å². The summed E-state index contributed by atoms with van der Waals surface area (Å²) >= 11 is 3.47. The molecule has 0 bridgehead atoms. The minimum Gasteiger partial charge on any atom is -0.496 e. The van der Waals surface area contributed by atoms with Crippen molar-refractivity contribution in [3.8, 4) is 5.75 Å². The molecule has 1 saturated heterocycles. The molecule has 20 heavy (non-hydrogen) atoms. The van der Waals surface area contributed by atoms with Crippen molar-refractivity contribution < 1.29 is 9.53 Å².